The van der Waals surface area contributed by atoms with E-state index in [1.54, 1.807) is 11.0 Å². The van der Waals surface area contributed by atoms with Gasteiger partial charge in [0, 0.05) is 31.9 Å². The van der Waals surface area contributed by atoms with Crippen LogP contribution in [-0.4, -0.2) is 24.3 Å². The molecule has 2 heterocycles. The fourth-order valence-corrected chi connectivity index (χ4v) is 2.08. The van der Waals surface area contributed by atoms with Gasteiger partial charge in [-0.1, -0.05) is 13.8 Å². The molecule has 2 aromatic rings. The molecular formula is C11H17N5S. The average molecular weight is 251 g/mol. The Balaban J connectivity index is 2.13. The Labute approximate surface area is 106 Å². The maximum absolute atomic E-state index is 5.27. The highest BCUT2D eigenvalue weighted by molar-refractivity contribution is 7.71. The van der Waals surface area contributed by atoms with Crippen LogP contribution in [-0.2, 0) is 20.0 Å². The maximum Gasteiger partial charge on any atom is 0.177 e. The molecule has 0 aliphatic rings. The zero-order valence-electron chi connectivity index (χ0n) is 10.3. The number of nitrogens with one attached hydrogen (secondary N) is 1. The molecule has 0 fully saturated rings. The summed E-state index contributed by atoms with van der Waals surface area (Å²) in [4.78, 5) is 7.31. The van der Waals surface area contributed by atoms with Crippen LogP contribution < -0.4 is 0 Å². The Morgan fingerprint density at radius 2 is 2.24 bits per heavy atom. The fraction of sp³-hybridized carbons (Fsp3) is 0.545. The number of aromatic amines is 1. The Morgan fingerprint density at radius 1 is 1.47 bits per heavy atom. The molecule has 92 valence electrons. The summed E-state index contributed by atoms with van der Waals surface area (Å²) in [6.45, 7) is 5.14. The molecule has 2 aromatic heterocycles. The predicted molar refractivity (Wildman–Crippen MR) is 68.4 cm³/mol. The first kappa shape index (κ1) is 12.0. The molecular weight excluding hydrogens is 234 g/mol. The minimum absolute atomic E-state index is 0.458. The second-order valence-electron chi connectivity index (χ2n) is 4.41. The molecule has 0 unspecified atom stereocenters. The Morgan fingerprint density at radius 3 is 2.82 bits per heavy atom. The van der Waals surface area contributed by atoms with Gasteiger partial charge in [-0.15, -0.1) is 0 Å². The normalized spacial score (nSPS) is 11.3. The second kappa shape index (κ2) is 4.83. The predicted octanol–water partition coefficient (Wildman–Crippen LogP) is 2.04. The van der Waals surface area contributed by atoms with E-state index in [1.807, 2.05) is 13.2 Å². The molecule has 0 saturated heterocycles. The van der Waals surface area contributed by atoms with Crippen molar-refractivity contribution >= 4 is 12.2 Å². The van der Waals surface area contributed by atoms with Crippen LogP contribution in [0.1, 0.15) is 31.3 Å². The van der Waals surface area contributed by atoms with E-state index >= 15 is 0 Å². The van der Waals surface area contributed by atoms with Gasteiger partial charge in [0.25, 0.3) is 0 Å². The van der Waals surface area contributed by atoms with Crippen molar-refractivity contribution in [1.29, 1.82) is 0 Å². The van der Waals surface area contributed by atoms with E-state index in [0.717, 1.165) is 23.6 Å². The van der Waals surface area contributed by atoms with Crippen LogP contribution in [0.5, 0.6) is 0 Å². The smallest absolute Gasteiger partial charge is 0.177 e. The first-order valence-corrected chi connectivity index (χ1v) is 6.11. The molecule has 6 heteroatoms. The van der Waals surface area contributed by atoms with Gasteiger partial charge in [0.05, 0.1) is 0 Å². The van der Waals surface area contributed by atoms with Crippen molar-refractivity contribution in [2.24, 2.45) is 7.05 Å². The van der Waals surface area contributed by atoms with E-state index in [4.69, 9.17) is 12.2 Å². The monoisotopic (exact) mass is 251 g/mol. The van der Waals surface area contributed by atoms with Gasteiger partial charge in [-0.05, 0) is 18.1 Å². The number of aryl methyl sites for hydroxylation is 2. The zero-order valence-corrected chi connectivity index (χ0v) is 11.2. The van der Waals surface area contributed by atoms with Gasteiger partial charge in [-0.25, -0.2) is 4.98 Å². The number of aromatic nitrogens is 5. The number of hydrogen-bond acceptors (Lipinski definition) is 3. The van der Waals surface area contributed by atoms with Crippen molar-refractivity contribution in [3.05, 3.63) is 28.8 Å². The molecule has 2 rings (SSSR count). The second-order valence-corrected chi connectivity index (χ2v) is 4.80. The molecule has 0 radical (unpaired) electrons. The number of H-pyrrole nitrogens is 1. The summed E-state index contributed by atoms with van der Waals surface area (Å²) in [5.41, 5.74) is 1.23. The SMILES string of the molecule is CC(C)c1c[nH]c(=S)n1CCc1ncn(C)n1. The van der Waals surface area contributed by atoms with E-state index in [9.17, 15) is 0 Å². The maximum atomic E-state index is 5.27. The molecule has 1 N–H and O–H groups in total. The molecule has 5 nitrogen and oxygen atoms in total. The lowest BCUT2D eigenvalue weighted by Gasteiger charge is -2.09. The number of imidazole rings is 1. The number of hydrogen-bond donors (Lipinski definition) is 1. The molecule has 0 bridgehead atoms. The van der Waals surface area contributed by atoms with Gasteiger partial charge in [-0.2, -0.15) is 5.10 Å². The van der Waals surface area contributed by atoms with Gasteiger partial charge in [0.15, 0.2) is 10.6 Å². The molecule has 0 aromatic carbocycles. The third-order valence-electron chi connectivity index (χ3n) is 2.70. The third-order valence-corrected chi connectivity index (χ3v) is 3.04. The van der Waals surface area contributed by atoms with Crippen molar-refractivity contribution in [3.8, 4) is 0 Å². The van der Waals surface area contributed by atoms with E-state index in [0.29, 0.717) is 5.92 Å². The van der Waals surface area contributed by atoms with E-state index < -0.39 is 0 Å². The van der Waals surface area contributed by atoms with Crippen LogP contribution >= 0.6 is 12.2 Å². The van der Waals surface area contributed by atoms with Crippen molar-refractivity contribution in [1.82, 2.24) is 24.3 Å². The van der Waals surface area contributed by atoms with Crippen LogP contribution in [0.15, 0.2) is 12.5 Å². The lowest BCUT2D eigenvalue weighted by Crippen LogP contribution is -2.08. The molecule has 0 saturated carbocycles. The highest BCUT2D eigenvalue weighted by atomic mass is 32.1. The van der Waals surface area contributed by atoms with Crippen LogP contribution in [0.25, 0.3) is 0 Å². The van der Waals surface area contributed by atoms with Gasteiger partial charge < -0.3 is 9.55 Å². The average Bonchev–Trinajstić information content (AvgIpc) is 2.82. The lowest BCUT2D eigenvalue weighted by molar-refractivity contribution is 0.609. The first-order chi connectivity index (χ1) is 8.08. The van der Waals surface area contributed by atoms with Crippen molar-refractivity contribution < 1.29 is 0 Å². The van der Waals surface area contributed by atoms with Crippen LogP contribution in [0, 0.1) is 4.77 Å². The van der Waals surface area contributed by atoms with Gasteiger partial charge in [0.1, 0.15) is 6.33 Å². The summed E-state index contributed by atoms with van der Waals surface area (Å²) in [6, 6.07) is 0. The highest BCUT2D eigenvalue weighted by Crippen LogP contribution is 2.14. The Bertz CT molecular complexity index is 548. The Kier molecular flexibility index (Phi) is 3.42. The summed E-state index contributed by atoms with van der Waals surface area (Å²) in [5.74, 6) is 1.31. The minimum atomic E-state index is 0.458. The highest BCUT2D eigenvalue weighted by Gasteiger charge is 2.08. The Hall–Kier alpha value is -1.43. The van der Waals surface area contributed by atoms with Crippen molar-refractivity contribution in [2.75, 3.05) is 0 Å². The van der Waals surface area contributed by atoms with E-state index in [2.05, 4.69) is 33.5 Å². The summed E-state index contributed by atoms with van der Waals surface area (Å²) in [6.07, 6.45) is 4.50. The molecule has 17 heavy (non-hydrogen) atoms. The molecule has 0 aliphatic carbocycles. The van der Waals surface area contributed by atoms with Crippen molar-refractivity contribution in [2.45, 2.75) is 32.7 Å². The zero-order chi connectivity index (χ0) is 12.4. The minimum Gasteiger partial charge on any atom is -0.337 e. The van der Waals surface area contributed by atoms with E-state index in [-0.39, 0.29) is 0 Å². The van der Waals surface area contributed by atoms with Crippen LogP contribution in [0.4, 0.5) is 0 Å². The summed E-state index contributed by atoms with van der Waals surface area (Å²) < 4.78 is 4.61. The largest absolute Gasteiger partial charge is 0.337 e. The summed E-state index contributed by atoms with van der Waals surface area (Å²) >= 11 is 5.27. The quantitative estimate of drug-likeness (QED) is 0.846. The van der Waals surface area contributed by atoms with E-state index in [1.165, 1.54) is 5.69 Å². The fourth-order valence-electron chi connectivity index (χ4n) is 1.83. The topological polar surface area (TPSA) is 51.4 Å². The standard InChI is InChI=1S/C11H17N5S/c1-8(2)9-6-12-11(17)16(9)5-4-10-13-7-15(3)14-10/h6-8H,4-5H2,1-3H3,(H,12,17). The third kappa shape index (κ3) is 2.63. The molecule has 0 spiro atoms. The molecule has 0 atom stereocenters. The van der Waals surface area contributed by atoms with Crippen molar-refractivity contribution in [3.63, 3.8) is 0 Å². The van der Waals surface area contributed by atoms with Crippen LogP contribution in [0.3, 0.4) is 0 Å². The van der Waals surface area contributed by atoms with Crippen LogP contribution in [0.2, 0.25) is 0 Å². The lowest BCUT2D eigenvalue weighted by atomic mass is 10.1. The van der Waals surface area contributed by atoms with Gasteiger partial charge >= 0.3 is 0 Å². The van der Waals surface area contributed by atoms with Gasteiger partial charge in [0.2, 0.25) is 0 Å². The number of nitrogens with zero attached hydrogens (tertiary/aromatic N) is 4. The summed E-state index contributed by atoms with van der Waals surface area (Å²) in [7, 11) is 1.87. The molecule has 0 amide bonds. The van der Waals surface area contributed by atoms with Gasteiger partial charge in [-0.3, -0.25) is 4.68 Å². The summed E-state index contributed by atoms with van der Waals surface area (Å²) in [5, 5.41) is 4.26. The number of rotatable bonds is 4. The molecule has 0 aliphatic heterocycles. The first-order valence-electron chi connectivity index (χ1n) is 5.70.